The van der Waals surface area contributed by atoms with Crippen LogP contribution in [0.4, 0.5) is 10.6 Å². The molecule has 0 spiro atoms. The molecule has 1 aliphatic rings. The zero-order valence-electron chi connectivity index (χ0n) is 11.9. The first-order valence-corrected chi connectivity index (χ1v) is 7.43. The van der Waals surface area contributed by atoms with Gasteiger partial charge >= 0.3 is 6.03 Å². The van der Waals surface area contributed by atoms with E-state index < -0.39 is 0 Å². The fourth-order valence-corrected chi connectivity index (χ4v) is 2.37. The molecule has 3 heterocycles. The van der Waals surface area contributed by atoms with Crippen molar-refractivity contribution in [3.8, 4) is 11.3 Å². The summed E-state index contributed by atoms with van der Waals surface area (Å²) in [5.74, 6) is 0.402. The maximum absolute atomic E-state index is 12.0. The van der Waals surface area contributed by atoms with E-state index >= 15 is 0 Å². The predicted molar refractivity (Wildman–Crippen MR) is 85.7 cm³/mol. The summed E-state index contributed by atoms with van der Waals surface area (Å²) in [7, 11) is 0. The number of amides is 2. The molecular formula is C14H12N6O2S. The standard InChI is InChI=1S/C14H12N6O2S/c21-14(20(23)9-1-2-9)19-12-4-3-10-13(18-12)17-11(6-15-10)8-5-16-22-7-8/h3-7,9,23H,1-2H2,(H,17,18,19,21). The molecule has 3 aromatic heterocycles. The summed E-state index contributed by atoms with van der Waals surface area (Å²) < 4.78 is 6.20. The highest BCUT2D eigenvalue weighted by Gasteiger charge is 2.30. The summed E-state index contributed by atoms with van der Waals surface area (Å²) >= 11 is 4.19. The van der Waals surface area contributed by atoms with Gasteiger partial charge < -0.3 is 4.52 Å². The number of carbonyl (C=O) groups excluding carboxylic acids is 1. The van der Waals surface area contributed by atoms with Crippen LogP contribution in [0.15, 0.2) is 35.3 Å². The van der Waals surface area contributed by atoms with Crippen molar-refractivity contribution in [1.82, 2.24) is 24.4 Å². The summed E-state index contributed by atoms with van der Waals surface area (Å²) in [5, 5.41) is 6.35. The normalized spacial score (nSPS) is 14.0. The van der Waals surface area contributed by atoms with E-state index in [0.717, 1.165) is 12.8 Å². The Labute approximate surface area is 136 Å². The molecule has 0 unspecified atom stereocenters. The van der Waals surface area contributed by atoms with E-state index in [1.54, 1.807) is 24.5 Å². The highest BCUT2D eigenvalue weighted by molar-refractivity contribution is 7.78. The molecule has 2 amide bonds. The first kappa shape index (κ1) is 13.9. The van der Waals surface area contributed by atoms with E-state index in [9.17, 15) is 4.79 Å². The second-order valence-corrected chi connectivity index (χ2v) is 5.64. The lowest BCUT2D eigenvalue weighted by Gasteiger charge is -2.15. The molecule has 0 saturated heterocycles. The first-order valence-electron chi connectivity index (χ1n) is 7.03. The SMILES string of the molecule is O=C(Nc1ccc2ncc(-c3cnoc3)nc2n1)N(S)C1CC1. The molecule has 23 heavy (non-hydrogen) atoms. The average molecular weight is 328 g/mol. The number of aromatic nitrogens is 4. The fraction of sp³-hybridized carbons (Fsp3) is 0.214. The van der Waals surface area contributed by atoms with Crippen LogP contribution in [0.25, 0.3) is 22.4 Å². The number of nitrogens with zero attached hydrogens (tertiary/aromatic N) is 5. The number of thiol groups is 1. The van der Waals surface area contributed by atoms with E-state index in [0.29, 0.717) is 28.2 Å². The third-order valence-corrected chi connectivity index (χ3v) is 3.98. The van der Waals surface area contributed by atoms with Gasteiger partial charge in [-0.25, -0.2) is 14.8 Å². The van der Waals surface area contributed by atoms with Crippen molar-refractivity contribution in [2.45, 2.75) is 18.9 Å². The van der Waals surface area contributed by atoms with Crippen molar-refractivity contribution < 1.29 is 9.32 Å². The van der Waals surface area contributed by atoms with Gasteiger partial charge in [0.05, 0.1) is 23.7 Å². The molecule has 1 saturated carbocycles. The van der Waals surface area contributed by atoms with Crippen LogP contribution in [0.3, 0.4) is 0 Å². The van der Waals surface area contributed by atoms with Gasteiger partial charge in [-0.1, -0.05) is 18.0 Å². The maximum Gasteiger partial charge on any atom is 0.333 e. The zero-order valence-corrected chi connectivity index (χ0v) is 12.8. The van der Waals surface area contributed by atoms with E-state index in [-0.39, 0.29) is 12.1 Å². The number of nitrogens with one attached hydrogen (secondary N) is 1. The second-order valence-electron chi connectivity index (χ2n) is 5.21. The molecule has 1 N–H and O–H groups in total. The molecule has 0 aromatic carbocycles. The Morgan fingerprint density at radius 2 is 2.17 bits per heavy atom. The number of fused-ring (bicyclic) bond motifs is 1. The predicted octanol–water partition coefficient (Wildman–Crippen LogP) is 2.52. The van der Waals surface area contributed by atoms with Gasteiger partial charge in [-0.15, -0.1) is 0 Å². The van der Waals surface area contributed by atoms with Gasteiger partial charge in [0.1, 0.15) is 17.6 Å². The number of pyridine rings is 1. The summed E-state index contributed by atoms with van der Waals surface area (Å²) in [5.41, 5.74) is 2.38. The summed E-state index contributed by atoms with van der Waals surface area (Å²) in [4.78, 5) is 25.1. The molecule has 0 radical (unpaired) electrons. The van der Waals surface area contributed by atoms with Crippen molar-refractivity contribution in [2.24, 2.45) is 0 Å². The van der Waals surface area contributed by atoms with Gasteiger partial charge in [0.2, 0.25) is 0 Å². The van der Waals surface area contributed by atoms with Crippen LogP contribution in [0.5, 0.6) is 0 Å². The van der Waals surface area contributed by atoms with E-state index in [1.165, 1.54) is 10.6 Å². The summed E-state index contributed by atoms with van der Waals surface area (Å²) in [6, 6.07) is 3.34. The number of hydrogen-bond acceptors (Lipinski definition) is 7. The topological polar surface area (TPSA) is 97.0 Å². The van der Waals surface area contributed by atoms with Gasteiger partial charge in [0.15, 0.2) is 5.65 Å². The van der Waals surface area contributed by atoms with Gasteiger partial charge in [-0.2, -0.15) is 0 Å². The first-order chi connectivity index (χ1) is 11.2. The van der Waals surface area contributed by atoms with E-state index in [4.69, 9.17) is 4.52 Å². The Morgan fingerprint density at radius 3 is 2.91 bits per heavy atom. The Bertz CT molecular complexity index is 865. The molecule has 3 aromatic rings. The van der Waals surface area contributed by atoms with Crippen LogP contribution < -0.4 is 5.32 Å². The second kappa shape index (κ2) is 5.51. The van der Waals surface area contributed by atoms with Crippen molar-refractivity contribution in [1.29, 1.82) is 0 Å². The highest BCUT2D eigenvalue weighted by atomic mass is 32.1. The van der Waals surface area contributed by atoms with E-state index in [2.05, 4.69) is 38.2 Å². The molecule has 0 bridgehead atoms. The monoisotopic (exact) mass is 328 g/mol. The number of hydrogen-bond donors (Lipinski definition) is 2. The van der Waals surface area contributed by atoms with Crippen LogP contribution in [-0.4, -0.2) is 36.5 Å². The van der Waals surface area contributed by atoms with Gasteiger partial charge in [0.25, 0.3) is 0 Å². The molecule has 9 heteroatoms. The quantitative estimate of drug-likeness (QED) is 0.717. The molecule has 4 rings (SSSR count). The summed E-state index contributed by atoms with van der Waals surface area (Å²) in [6.45, 7) is 0. The maximum atomic E-state index is 12.0. The summed E-state index contributed by atoms with van der Waals surface area (Å²) in [6.07, 6.45) is 6.62. The van der Waals surface area contributed by atoms with Crippen molar-refractivity contribution >= 4 is 35.8 Å². The lowest BCUT2D eigenvalue weighted by atomic mass is 10.2. The van der Waals surface area contributed by atoms with Gasteiger partial charge in [0, 0.05) is 6.04 Å². The van der Waals surface area contributed by atoms with Crippen molar-refractivity contribution in [2.75, 3.05) is 5.32 Å². The van der Waals surface area contributed by atoms with Crippen LogP contribution in [0.1, 0.15) is 12.8 Å². The largest absolute Gasteiger partial charge is 0.364 e. The average Bonchev–Trinajstić information content (AvgIpc) is 3.27. The third-order valence-electron chi connectivity index (χ3n) is 3.47. The van der Waals surface area contributed by atoms with Gasteiger partial charge in [-0.05, 0) is 25.0 Å². The zero-order chi connectivity index (χ0) is 15.8. The minimum atomic E-state index is -0.300. The Hall–Kier alpha value is -2.68. The van der Waals surface area contributed by atoms with Crippen LogP contribution in [-0.2, 0) is 0 Å². The fourth-order valence-electron chi connectivity index (χ4n) is 2.09. The lowest BCUT2D eigenvalue weighted by Crippen LogP contribution is -2.29. The van der Waals surface area contributed by atoms with E-state index in [1.807, 2.05) is 0 Å². The molecule has 8 nitrogen and oxygen atoms in total. The highest BCUT2D eigenvalue weighted by Crippen LogP contribution is 2.28. The molecule has 1 aliphatic carbocycles. The number of anilines is 1. The Morgan fingerprint density at radius 1 is 1.30 bits per heavy atom. The minimum absolute atomic E-state index is 0.207. The molecule has 1 fully saturated rings. The lowest BCUT2D eigenvalue weighted by molar-refractivity contribution is 0.238. The number of rotatable bonds is 3. The molecule has 0 atom stereocenters. The minimum Gasteiger partial charge on any atom is -0.364 e. The van der Waals surface area contributed by atoms with Gasteiger partial charge in [-0.3, -0.25) is 14.6 Å². The van der Waals surface area contributed by atoms with Crippen LogP contribution >= 0.6 is 12.8 Å². The van der Waals surface area contributed by atoms with Crippen molar-refractivity contribution in [3.05, 3.63) is 30.8 Å². The Kier molecular flexibility index (Phi) is 3.34. The molecular weight excluding hydrogens is 316 g/mol. The number of urea groups is 1. The van der Waals surface area contributed by atoms with Crippen LogP contribution in [0, 0.1) is 0 Å². The van der Waals surface area contributed by atoms with Crippen LogP contribution in [0.2, 0.25) is 0 Å². The smallest absolute Gasteiger partial charge is 0.333 e. The molecule has 116 valence electrons. The molecule has 0 aliphatic heterocycles. The third kappa shape index (κ3) is 2.82. The van der Waals surface area contributed by atoms with Crippen molar-refractivity contribution in [3.63, 3.8) is 0 Å². The Balaban J connectivity index is 1.62. The number of carbonyl (C=O) groups is 1.